The quantitative estimate of drug-likeness (QED) is 0.800. The largest absolute Gasteiger partial charge is 0.497 e. The second kappa shape index (κ2) is 7.11. The summed E-state index contributed by atoms with van der Waals surface area (Å²) in [4.78, 5) is 27.5. The number of methoxy groups -OCH3 is 1. The summed E-state index contributed by atoms with van der Waals surface area (Å²) in [5.74, 6) is 0.968. The zero-order valence-corrected chi connectivity index (χ0v) is 14.2. The molecule has 0 saturated carbocycles. The van der Waals surface area contributed by atoms with Crippen LogP contribution in [0, 0.1) is 0 Å². The lowest BCUT2D eigenvalue weighted by molar-refractivity contribution is -0.130. The Labute approximate surface area is 142 Å². The number of carbonyl (C=O) groups excluding carboxylic acids is 2. The van der Waals surface area contributed by atoms with E-state index in [1.807, 2.05) is 31.2 Å². The molecule has 2 saturated heterocycles. The fourth-order valence-corrected chi connectivity index (χ4v) is 3.43. The van der Waals surface area contributed by atoms with E-state index in [2.05, 4.69) is 0 Å². The first kappa shape index (κ1) is 16.6. The molecule has 0 aliphatic carbocycles. The normalized spacial score (nSPS) is 22.5. The number of fused-ring (bicyclic) bond motifs is 1. The van der Waals surface area contributed by atoms with Gasteiger partial charge in [-0.3, -0.25) is 9.69 Å². The smallest absolute Gasteiger partial charge is 0.410 e. The monoisotopic (exact) mass is 332 g/mol. The van der Waals surface area contributed by atoms with Gasteiger partial charge >= 0.3 is 6.09 Å². The Balaban J connectivity index is 1.52. The van der Waals surface area contributed by atoms with Crippen LogP contribution < -0.4 is 4.74 Å². The predicted molar refractivity (Wildman–Crippen MR) is 88.9 cm³/mol. The predicted octanol–water partition coefficient (Wildman–Crippen LogP) is 2.07. The van der Waals surface area contributed by atoms with E-state index in [0.717, 1.165) is 18.6 Å². The molecular weight excluding hydrogens is 308 g/mol. The first-order chi connectivity index (χ1) is 11.6. The minimum Gasteiger partial charge on any atom is -0.497 e. The van der Waals surface area contributed by atoms with Gasteiger partial charge in [-0.25, -0.2) is 4.79 Å². The minimum absolute atomic E-state index is 0.00358. The fraction of sp³-hybridized carbons (Fsp3) is 0.556. The van der Waals surface area contributed by atoms with Crippen LogP contribution in [0.5, 0.6) is 5.75 Å². The highest BCUT2D eigenvalue weighted by Crippen LogP contribution is 2.27. The number of likely N-dealkylation sites (tertiary alicyclic amines) is 1. The molecule has 0 N–H and O–H groups in total. The van der Waals surface area contributed by atoms with E-state index in [9.17, 15) is 9.59 Å². The molecule has 2 heterocycles. The summed E-state index contributed by atoms with van der Waals surface area (Å²) in [6.07, 6.45) is 1.83. The van der Waals surface area contributed by atoms with Gasteiger partial charge in [-0.1, -0.05) is 19.1 Å². The van der Waals surface area contributed by atoms with E-state index >= 15 is 0 Å². The highest BCUT2D eigenvalue weighted by molar-refractivity contribution is 5.77. The van der Waals surface area contributed by atoms with Crippen LogP contribution in [0.25, 0.3) is 0 Å². The zero-order chi connectivity index (χ0) is 17.1. The maximum absolute atomic E-state index is 12.0. The average molecular weight is 332 g/mol. The van der Waals surface area contributed by atoms with Gasteiger partial charge in [-0.05, 0) is 30.5 Å². The van der Waals surface area contributed by atoms with Gasteiger partial charge in [0, 0.05) is 19.5 Å². The lowest BCUT2D eigenvalue weighted by atomic mass is 10.1. The van der Waals surface area contributed by atoms with Crippen molar-refractivity contribution in [2.75, 3.05) is 26.7 Å². The van der Waals surface area contributed by atoms with E-state index < -0.39 is 0 Å². The van der Waals surface area contributed by atoms with Crippen molar-refractivity contribution in [1.82, 2.24) is 9.80 Å². The molecule has 1 aromatic carbocycles. The number of hydrogen-bond donors (Lipinski definition) is 0. The number of carbonyl (C=O) groups is 2. The first-order valence-electron chi connectivity index (χ1n) is 8.50. The summed E-state index contributed by atoms with van der Waals surface area (Å²) < 4.78 is 10.6. The van der Waals surface area contributed by atoms with E-state index in [1.165, 1.54) is 5.56 Å². The highest BCUT2D eigenvalue weighted by atomic mass is 16.6. The fourth-order valence-electron chi connectivity index (χ4n) is 3.43. The molecule has 130 valence electrons. The molecule has 2 amide bonds. The highest BCUT2D eigenvalue weighted by Gasteiger charge is 2.48. The average Bonchev–Trinajstić information content (AvgIpc) is 3.13. The summed E-state index contributed by atoms with van der Waals surface area (Å²) in [6, 6.07) is 7.98. The topological polar surface area (TPSA) is 59.1 Å². The van der Waals surface area contributed by atoms with Crippen molar-refractivity contribution in [3.63, 3.8) is 0 Å². The Morgan fingerprint density at radius 3 is 2.71 bits per heavy atom. The van der Waals surface area contributed by atoms with Crippen molar-refractivity contribution >= 4 is 12.0 Å². The Hall–Kier alpha value is -2.24. The second-order valence-electron chi connectivity index (χ2n) is 6.29. The summed E-state index contributed by atoms with van der Waals surface area (Å²) in [6.45, 7) is 3.62. The molecule has 6 heteroatoms. The van der Waals surface area contributed by atoms with Crippen molar-refractivity contribution in [1.29, 1.82) is 0 Å². The zero-order valence-electron chi connectivity index (χ0n) is 14.2. The summed E-state index contributed by atoms with van der Waals surface area (Å²) in [5.41, 5.74) is 1.22. The molecule has 0 unspecified atom stereocenters. The number of aryl methyl sites for hydroxylation is 1. The van der Waals surface area contributed by atoms with Crippen molar-refractivity contribution in [2.24, 2.45) is 0 Å². The van der Waals surface area contributed by atoms with Crippen LogP contribution in [0.4, 0.5) is 4.79 Å². The summed E-state index contributed by atoms with van der Waals surface area (Å²) in [5, 5.41) is 0. The molecule has 3 rings (SSSR count). The molecule has 0 bridgehead atoms. The van der Waals surface area contributed by atoms with Crippen LogP contribution in [0.3, 0.4) is 0 Å². The van der Waals surface area contributed by atoms with Crippen molar-refractivity contribution < 1.29 is 19.1 Å². The van der Waals surface area contributed by atoms with Crippen molar-refractivity contribution in [2.45, 2.75) is 38.3 Å². The van der Waals surface area contributed by atoms with Gasteiger partial charge < -0.3 is 14.4 Å². The molecule has 1 aromatic rings. The van der Waals surface area contributed by atoms with E-state index in [0.29, 0.717) is 26.1 Å². The number of rotatable bonds is 6. The lowest BCUT2D eigenvalue weighted by Crippen LogP contribution is -2.39. The van der Waals surface area contributed by atoms with Crippen LogP contribution in [-0.2, 0) is 16.0 Å². The summed E-state index contributed by atoms with van der Waals surface area (Å²) >= 11 is 0. The third-order valence-corrected chi connectivity index (χ3v) is 4.80. The van der Waals surface area contributed by atoms with Crippen LogP contribution in [-0.4, -0.2) is 60.7 Å². The minimum atomic E-state index is -0.247. The molecular formula is C18H24N2O4. The van der Waals surface area contributed by atoms with Crippen molar-refractivity contribution in [3.8, 4) is 5.75 Å². The van der Waals surface area contributed by atoms with Gasteiger partial charge in [0.05, 0.1) is 19.7 Å². The second-order valence-corrected chi connectivity index (χ2v) is 6.29. The van der Waals surface area contributed by atoms with E-state index in [4.69, 9.17) is 9.47 Å². The molecule has 2 aliphatic rings. The molecule has 2 atom stereocenters. The molecule has 2 aliphatic heterocycles. The number of amides is 2. The Morgan fingerprint density at radius 1 is 1.29 bits per heavy atom. The molecule has 0 aromatic heterocycles. The van der Waals surface area contributed by atoms with E-state index in [1.54, 1.807) is 16.9 Å². The molecule has 2 fully saturated rings. The Kier molecular flexibility index (Phi) is 4.92. The number of ether oxygens (including phenoxy) is 2. The Morgan fingerprint density at radius 2 is 2.04 bits per heavy atom. The van der Waals surface area contributed by atoms with Gasteiger partial charge in [0.1, 0.15) is 11.9 Å². The first-order valence-corrected chi connectivity index (χ1v) is 8.50. The van der Waals surface area contributed by atoms with Gasteiger partial charge in [0.2, 0.25) is 5.91 Å². The van der Waals surface area contributed by atoms with Gasteiger partial charge in [-0.15, -0.1) is 0 Å². The van der Waals surface area contributed by atoms with Gasteiger partial charge in [-0.2, -0.15) is 0 Å². The molecule has 6 nitrogen and oxygen atoms in total. The third kappa shape index (κ3) is 3.32. The summed E-state index contributed by atoms with van der Waals surface area (Å²) in [7, 11) is 1.65. The maximum atomic E-state index is 12.0. The number of benzene rings is 1. The lowest BCUT2D eigenvalue weighted by Gasteiger charge is -2.22. The number of nitrogens with zero attached hydrogens (tertiary/aromatic N) is 2. The third-order valence-electron chi connectivity index (χ3n) is 4.80. The molecule has 24 heavy (non-hydrogen) atoms. The molecule has 0 spiro atoms. The van der Waals surface area contributed by atoms with Crippen LogP contribution in [0.15, 0.2) is 24.3 Å². The molecule has 0 radical (unpaired) electrons. The maximum Gasteiger partial charge on any atom is 0.410 e. The van der Waals surface area contributed by atoms with Crippen LogP contribution in [0.1, 0.15) is 25.3 Å². The SMILES string of the molecule is CCC(=O)N1C[C@H]2OC(=O)N(CCCc3ccc(OC)cc3)[C@H]2C1. The van der Waals surface area contributed by atoms with E-state index in [-0.39, 0.29) is 24.1 Å². The Bertz CT molecular complexity index is 602. The van der Waals surface area contributed by atoms with Crippen LogP contribution in [0.2, 0.25) is 0 Å². The van der Waals surface area contributed by atoms with Crippen LogP contribution >= 0.6 is 0 Å². The van der Waals surface area contributed by atoms with Gasteiger partial charge in [0.25, 0.3) is 0 Å². The van der Waals surface area contributed by atoms with Gasteiger partial charge in [0.15, 0.2) is 0 Å². The standard InChI is InChI=1S/C18H24N2O4/c1-3-17(21)19-11-15-16(12-19)24-18(22)20(15)10-4-5-13-6-8-14(23-2)9-7-13/h6-9,15-16H,3-5,10-12H2,1-2H3/t15-,16+/m0/s1. The number of hydrogen-bond acceptors (Lipinski definition) is 4. The van der Waals surface area contributed by atoms with Crippen molar-refractivity contribution in [3.05, 3.63) is 29.8 Å².